The highest BCUT2D eigenvalue weighted by atomic mass is 79.9. The Kier molecular flexibility index (Phi) is 6.91. The minimum Gasteiger partial charge on any atom is -0.493 e. The summed E-state index contributed by atoms with van der Waals surface area (Å²) < 4.78 is 47.1. The lowest BCUT2D eigenvalue weighted by atomic mass is 10.2. The van der Waals surface area contributed by atoms with E-state index in [2.05, 4.69) is 26.5 Å². The zero-order valence-electron chi connectivity index (χ0n) is 16.9. The summed E-state index contributed by atoms with van der Waals surface area (Å²) in [6.45, 7) is -0.343. The van der Waals surface area contributed by atoms with E-state index in [1.807, 2.05) is 0 Å². The van der Waals surface area contributed by atoms with Gasteiger partial charge in [0.05, 0.1) is 32.4 Å². The highest BCUT2D eigenvalue weighted by Crippen LogP contribution is 2.36. The third-order valence-electron chi connectivity index (χ3n) is 4.23. The van der Waals surface area contributed by atoms with Crippen molar-refractivity contribution in [2.45, 2.75) is 0 Å². The fourth-order valence-corrected chi connectivity index (χ4v) is 4.02. The Bertz CT molecular complexity index is 1120. The van der Waals surface area contributed by atoms with Gasteiger partial charge in [-0.3, -0.25) is 9.10 Å². The van der Waals surface area contributed by atoms with Gasteiger partial charge in [-0.1, -0.05) is 0 Å². The van der Waals surface area contributed by atoms with Gasteiger partial charge in [0.15, 0.2) is 23.0 Å². The smallest absolute Gasteiger partial charge is 0.260 e. The van der Waals surface area contributed by atoms with E-state index >= 15 is 0 Å². The molecule has 0 saturated carbocycles. The van der Waals surface area contributed by atoms with Crippen molar-refractivity contribution in [2.75, 3.05) is 38.1 Å². The van der Waals surface area contributed by atoms with E-state index < -0.39 is 22.5 Å². The monoisotopic (exact) mass is 513 g/mol. The van der Waals surface area contributed by atoms with Gasteiger partial charge in [-0.25, -0.2) is 13.8 Å². The van der Waals surface area contributed by atoms with Crippen LogP contribution < -0.4 is 28.7 Å². The van der Waals surface area contributed by atoms with Crippen molar-refractivity contribution in [1.29, 1.82) is 0 Å². The Morgan fingerprint density at radius 1 is 1.19 bits per heavy atom. The van der Waals surface area contributed by atoms with Crippen molar-refractivity contribution in [1.82, 2.24) is 5.43 Å². The number of methoxy groups -OCH3 is 2. The SMILES string of the molecule is COc1ccc(N(CC(=O)N/N=C/c2cc3c(cc2Br)OCO3)S(C)(=O)=O)cc1OC. The lowest BCUT2D eigenvalue weighted by Crippen LogP contribution is -2.39. The molecular formula is C19H20BrN3O7S. The highest BCUT2D eigenvalue weighted by molar-refractivity contribution is 9.10. The molecule has 1 aliphatic heterocycles. The Hall–Kier alpha value is -2.99. The van der Waals surface area contributed by atoms with Crippen molar-refractivity contribution in [3.63, 3.8) is 0 Å². The Morgan fingerprint density at radius 3 is 2.52 bits per heavy atom. The number of carbonyl (C=O) groups excluding carboxylic acids is 1. The van der Waals surface area contributed by atoms with Crippen molar-refractivity contribution in [3.8, 4) is 23.0 Å². The number of sulfonamides is 1. The number of ether oxygens (including phenoxy) is 4. The summed E-state index contributed by atoms with van der Waals surface area (Å²) in [4.78, 5) is 12.4. The molecule has 2 aromatic carbocycles. The topological polar surface area (TPSA) is 116 Å². The number of nitrogens with one attached hydrogen (secondary N) is 1. The van der Waals surface area contributed by atoms with Crippen LogP contribution in [-0.4, -0.2) is 54.4 Å². The number of nitrogens with zero attached hydrogens (tertiary/aromatic N) is 2. The van der Waals surface area contributed by atoms with Crippen LogP contribution in [0.1, 0.15) is 5.56 Å². The van der Waals surface area contributed by atoms with E-state index in [1.165, 1.54) is 32.6 Å². The van der Waals surface area contributed by atoms with Crippen molar-refractivity contribution in [2.24, 2.45) is 5.10 Å². The number of hydrogen-bond acceptors (Lipinski definition) is 8. The predicted molar refractivity (Wildman–Crippen MR) is 118 cm³/mol. The van der Waals surface area contributed by atoms with E-state index in [1.54, 1.807) is 18.2 Å². The van der Waals surface area contributed by atoms with Crippen molar-refractivity contribution < 1.29 is 32.2 Å². The van der Waals surface area contributed by atoms with E-state index in [4.69, 9.17) is 18.9 Å². The molecule has 166 valence electrons. The number of halogens is 1. The second kappa shape index (κ2) is 9.43. The fourth-order valence-electron chi connectivity index (χ4n) is 2.75. The molecule has 0 atom stereocenters. The van der Waals surface area contributed by atoms with Crippen LogP contribution in [0.3, 0.4) is 0 Å². The molecule has 3 rings (SSSR count). The minimum absolute atomic E-state index is 0.135. The molecule has 31 heavy (non-hydrogen) atoms. The Balaban J connectivity index is 1.73. The third-order valence-corrected chi connectivity index (χ3v) is 6.05. The van der Waals surface area contributed by atoms with Crippen LogP contribution in [0, 0.1) is 0 Å². The molecule has 0 unspecified atom stereocenters. The molecule has 0 aliphatic carbocycles. The summed E-state index contributed by atoms with van der Waals surface area (Å²) in [6.07, 6.45) is 2.41. The van der Waals surface area contributed by atoms with Gasteiger partial charge >= 0.3 is 0 Å². The molecule has 0 aromatic heterocycles. The van der Waals surface area contributed by atoms with Crippen LogP contribution in [0.4, 0.5) is 5.69 Å². The summed E-state index contributed by atoms with van der Waals surface area (Å²) in [5, 5.41) is 3.90. The van der Waals surface area contributed by atoms with Crippen LogP contribution >= 0.6 is 15.9 Å². The third kappa shape index (κ3) is 5.39. The Morgan fingerprint density at radius 2 is 1.87 bits per heavy atom. The first kappa shape index (κ1) is 22.7. The minimum atomic E-state index is -3.76. The van der Waals surface area contributed by atoms with E-state index in [9.17, 15) is 13.2 Å². The first-order valence-corrected chi connectivity index (χ1v) is 11.5. The van der Waals surface area contributed by atoms with Gasteiger partial charge in [0.25, 0.3) is 5.91 Å². The number of benzene rings is 2. The average Bonchev–Trinajstić information content (AvgIpc) is 3.17. The maximum atomic E-state index is 12.4. The second-order valence-corrected chi connectivity index (χ2v) is 9.09. The van der Waals surface area contributed by atoms with E-state index in [0.29, 0.717) is 33.0 Å². The first-order chi connectivity index (χ1) is 14.7. The summed E-state index contributed by atoms with van der Waals surface area (Å²) in [5.41, 5.74) is 3.22. The normalized spacial score (nSPS) is 12.6. The molecular weight excluding hydrogens is 494 g/mol. The quantitative estimate of drug-likeness (QED) is 0.424. The highest BCUT2D eigenvalue weighted by Gasteiger charge is 2.22. The van der Waals surface area contributed by atoms with Gasteiger partial charge in [-0.2, -0.15) is 5.10 Å². The molecule has 1 heterocycles. The molecule has 12 heteroatoms. The number of rotatable bonds is 8. The molecule has 0 saturated heterocycles. The van der Waals surface area contributed by atoms with Crippen molar-refractivity contribution >= 4 is 43.8 Å². The Labute approximate surface area is 187 Å². The molecule has 10 nitrogen and oxygen atoms in total. The van der Waals surface area contributed by atoms with Gasteiger partial charge in [0.2, 0.25) is 16.8 Å². The molecule has 0 radical (unpaired) electrons. The molecule has 2 aromatic rings. The van der Waals surface area contributed by atoms with Gasteiger partial charge in [0.1, 0.15) is 6.54 Å². The predicted octanol–water partition coefficient (Wildman–Crippen LogP) is 2.11. The second-order valence-electron chi connectivity index (χ2n) is 6.33. The maximum Gasteiger partial charge on any atom is 0.260 e. The van der Waals surface area contributed by atoms with E-state index in [0.717, 1.165) is 10.6 Å². The summed E-state index contributed by atoms with van der Waals surface area (Å²) in [7, 11) is -0.861. The standard InChI is InChI=1S/C19H20BrN3O7S/c1-27-15-5-4-13(7-16(15)28-2)23(31(3,25)26)10-19(24)22-21-9-12-6-17-18(8-14(12)20)30-11-29-17/h4-9H,10-11H2,1-3H3,(H,22,24)/b21-9+. The molecule has 1 N–H and O–H groups in total. The summed E-state index contributed by atoms with van der Waals surface area (Å²) in [6, 6.07) is 7.98. The molecule has 0 spiro atoms. The van der Waals surface area contributed by atoms with Gasteiger partial charge < -0.3 is 18.9 Å². The van der Waals surface area contributed by atoms with Gasteiger partial charge in [0, 0.05) is 16.1 Å². The van der Waals surface area contributed by atoms with Crippen LogP contribution in [0.25, 0.3) is 0 Å². The van der Waals surface area contributed by atoms with Gasteiger partial charge in [-0.15, -0.1) is 0 Å². The maximum absolute atomic E-state index is 12.4. The summed E-state index contributed by atoms with van der Waals surface area (Å²) >= 11 is 3.39. The van der Waals surface area contributed by atoms with Crippen LogP contribution in [-0.2, 0) is 14.8 Å². The zero-order valence-corrected chi connectivity index (χ0v) is 19.3. The largest absolute Gasteiger partial charge is 0.493 e. The number of hydrazone groups is 1. The molecule has 1 amide bonds. The average molecular weight is 514 g/mol. The lowest BCUT2D eigenvalue weighted by molar-refractivity contribution is -0.119. The number of fused-ring (bicyclic) bond motifs is 1. The van der Waals surface area contributed by atoms with Crippen molar-refractivity contribution in [3.05, 3.63) is 40.4 Å². The van der Waals surface area contributed by atoms with Crippen LogP contribution in [0.2, 0.25) is 0 Å². The van der Waals surface area contributed by atoms with E-state index in [-0.39, 0.29) is 12.5 Å². The number of carbonyl (C=O) groups is 1. The molecule has 0 fully saturated rings. The number of hydrogen-bond donors (Lipinski definition) is 1. The summed E-state index contributed by atoms with van der Waals surface area (Å²) in [5.74, 6) is 1.30. The fraction of sp³-hybridized carbons (Fsp3) is 0.263. The first-order valence-electron chi connectivity index (χ1n) is 8.83. The molecule has 1 aliphatic rings. The zero-order chi connectivity index (χ0) is 22.6. The number of amides is 1. The molecule has 0 bridgehead atoms. The van der Waals surface area contributed by atoms with Crippen LogP contribution in [0.15, 0.2) is 39.9 Å². The van der Waals surface area contributed by atoms with Crippen LogP contribution in [0.5, 0.6) is 23.0 Å². The lowest BCUT2D eigenvalue weighted by Gasteiger charge is -2.22. The van der Waals surface area contributed by atoms with Gasteiger partial charge in [-0.05, 0) is 40.2 Å². The number of anilines is 1.